The van der Waals surface area contributed by atoms with E-state index in [1.807, 2.05) is 12.1 Å². The molecule has 0 radical (unpaired) electrons. The van der Waals surface area contributed by atoms with Crippen molar-refractivity contribution < 1.29 is 26.0 Å². The highest BCUT2D eigenvalue weighted by atomic mass is 32.2. The number of ether oxygens (including phenoxy) is 1. The molecule has 0 saturated carbocycles. The molecule has 0 saturated heterocycles. The van der Waals surface area contributed by atoms with Gasteiger partial charge in [0, 0.05) is 43.0 Å². The van der Waals surface area contributed by atoms with Crippen LogP contribution in [0, 0.1) is 5.82 Å². The fraction of sp³-hybridized carbons (Fsp3) is 0.318. The number of aromatic amines is 1. The van der Waals surface area contributed by atoms with Gasteiger partial charge >= 0.3 is 0 Å². The van der Waals surface area contributed by atoms with E-state index in [0.29, 0.717) is 30.7 Å². The summed E-state index contributed by atoms with van der Waals surface area (Å²) in [6, 6.07) is 8.04. The van der Waals surface area contributed by atoms with E-state index in [9.17, 15) is 21.2 Å². The number of H-pyrrole nitrogens is 1. The predicted molar refractivity (Wildman–Crippen MR) is 129 cm³/mol. The minimum atomic E-state index is -3.33. The number of hydrogen-bond acceptors (Lipinski definition) is 6. The van der Waals surface area contributed by atoms with Gasteiger partial charge in [0.15, 0.2) is 0 Å². The number of benzene rings is 1. The van der Waals surface area contributed by atoms with E-state index in [1.54, 1.807) is 18.3 Å². The molecule has 0 aliphatic carbocycles. The lowest BCUT2D eigenvalue weighted by Crippen LogP contribution is -2.33. The van der Waals surface area contributed by atoms with Gasteiger partial charge in [-0.3, -0.25) is 0 Å². The highest BCUT2D eigenvalue weighted by molar-refractivity contribution is 7.88. The number of aromatic nitrogens is 2. The highest BCUT2D eigenvalue weighted by Gasteiger charge is 2.21. The number of hydrogen-bond donors (Lipinski definition) is 2. The van der Waals surface area contributed by atoms with Gasteiger partial charge in [0.05, 0.1) is 12.5 Å². The first-order chi connectivity index (χ1) is 16.0. The van der Waals surface area contributed by atoms with Gasteiger partial charge in [0.25, 0.3) is 0 Å². The predicted octanol–water partition coefficient (Wildman–Crippen LogP) is 2.35. The number of sulfonamides is 2. The van der Waals surface area contributed by atoms with Crippen molar-refractivity contribution in [2.45, 2.75) is 6.42 Å². The van der Waals surface area contributed by atoms with E-state index in [1.165, 1.54) is 22.7 Å². The molecular formula is C22H25FN4O5S2. The monoisotopic (exact) mass is 508 g/mol. The second kappa shape index (κ2) is 9.45. The molecule has 0 spiro atoms. The molecule has 1 aliphatic rings. The smallest absolute Gasteiger partial charge is 0.211 e. The van der Waals surface area contributed by atoms with Crippen LogP contribution in [-0.2, 0) is 20.0 Å². The molecule has 2 aromatic heterocycles. The summed E-state index contributed by atoms with van der Waals surface area (Å²) in [5.41, 5.74) is 3.79. The summed E-state index contributed by atoms with van der Waals surface area (Å²) in [5, 5.41) is 0.791. The van der Waals surface area contributed by atoms with Gasteiger partial charge in [-0.05, 0) is 47.4 Å². The molecule has 0 fully saturated rings. The van der Waals surface area contributed by atoms with Crippen molar-refractivity contribution >= 4 is 36.7 Å². The molecule has 0 unspecified atom stereocenters. The third kappa shape index (κ3) is 5.81. The molecule has 3 aromatic rings. The van der Waals surface area contributed by atoms with Crippen molar-refractivity contribution in [2.75, 3.05) is 38.8 Å². The van der Waals surface area contributed by atoms with Crippen molar-refractivity contribution in [1.29, 1.82) is 0 Å². The van der Waals surface area contributed by atoms with Crippen LogP contribution in [0.3, 0.4) is 0 Å². The van der Waals surface area contributed by atoms with Crippen LogP contribution in [0.4, 0.5) is 4.39 Å². The SMILES string of the molecule is CS(=O)(=O)NCCOc1cc(F)cc(-c2ccnc3[nH]c(C4=CCN(S(C)(=O)=O)CC4)cc23)c1. The Labute approximate surface area is 197 Å². The summed E-state index contributed by atoms with van der Waals surface area (Å²) in [6.07, 6.45) is 6.32. The highest BCUT2D eigenvalue weighted by Crippen LogP contribution is 2.33. The third-order valence-corrected chi connectivity index (χ3v) is 7.43. The van der Waals surface area contributed by atoms with Crippen LogP contribution in [0.25, 0.3) is 27.7 Å². The van der Waals surface area contributed by atoms with Crippen molar-refractivity contribution in [3.05, 3.63) is 54.1 Å². The number of halogens is 1. The van der Waals surface area contributed by atoms with Gasteiger partial charge in [-0.2, -0.15) is 4.31 Å². The lowest BCUT2D eigenvalue weighted by Gasteiger charge is -2.23. The van der Waals surface area contributed by atoms with Gasteiger partial charge in [-0.15, -0.1) is 0 Å². The second-order valence-corrected chi connectivity index (χ2v) is 11.9. The first-order valence-electron chi connectivity index (χ1n) is 10.5. The fourth-order valence-corrected chi connectivity index (χ4v) is 5.07. The molecule has 3 heterocycles. The summed E-state index contributed by atoms with van der Waals surface area (Å²) in [7, 11) is -6.57. The number of fused-ring (bicyclic) bond motifs is 1. The van der Waals surface area contributed by atoms with Crippen molar-refractivity contribution in [2.24, 2.45) is 0 Å². The average molecular weight is 509 g/mol. The molecule has 4 rings (SSSR count). The first-order valence-corrected chi connectivity index (χ1v) is 14.2. The first kappa shape index (κ1) is 24.3. The van der Waals surface area contributed by atoms with E-state index in [0.717, 1.165) is 28.5 Å². The summed E-state index contributed by atoms with van der Waals surface area (Å²) >= 11 is 0. The zero-order valence-electron chi connectivity index (χ0n) is 18.7. The zero-order chi connectivity index (χ0) is 24.5. The molecule has 0 atom stereocenters. The van der Waals surface area contributed by atoms with Crippen LogP contribution >= 0.6 is 0 Å². The lowest BCUT2D eigenvalue weighted by molar-refractivity contribution is 0.321. The van der Waals surface area contributed by atoms with Gasteiger partial charge in [0.2, 0.25) is 20.0 Å². The Morgan fingerprint density at radius 1 is 1.18 bits per heavy atom. The van der Waals surface area contributed by atoms with E-state index in [2.05, 4.69) is 14.7 Å². The zero-order valence-corrected chi connectivity index (χ0v) is 20.3. The molecule has 2 N–H and O–H groups in total. The van der Waals surface area contributed by atoms with Crippen LogP contribution < -0.4 is 9.46 Å². The molecule has 182 valence electrons. The maximum Gasteiger partial charge on any atom is 0.211 e. The number of nitrogens with zero attached hydrogens (tertiary/aromatic N) is 2. The summed E-state index contributed by atoms with van der Waals surface area (Å²) in [6.45, 7) is 0.827. The third-order valence-electron chi connectivity index (χ3n) is 5.44. The Morgan fingerprint density at radius 2 is 1.97 bits per heavy atom. The minimum Gasteiger partial charge on any atom is -0.492 e. The quantitative estimate of drug-likeness (QED) is 0.451. The molecular weight excluding hydrogens is 483 g/mol. The van der Waals surface area contributed by atoms with Crippen LogP contribution in [0.2, 0.25) is 0 Å². The van der Waals surface area contributed by atoms with Crippen LogP contribution in [0.15, 0.2) is 42.6 Å². The Kier molecular flexibility index (Phi) is 6.76. The topological polar surface area (TPSA) is 121 Å². The second-order valence-electron chi connectivity index (χ2n) is 8.09. The maximum absolute atomic E-state index is 14.4. The van der Waals surface area contributed by atoms with Crippen LogP contribution in [0.1, 0.15) is 12.1 Å². The van der Waals surface area contributed by atoms with Crippen molar-refractivity contribution in [3.8, 4) is 16.9 Å². The van der Waals surface area contributed by atoms with E-state index >= 15 is 0 Å². The summed E-state index contributed by atoms with van der Waals surface area (Å²) in [5.74, 6) is -0.206. The molecule has 1 aromatic carbocycles. The molecule has 9 nitrogen and oxygen atoms in total. The Hall–Kier alpha value is -2.80. The normalized spacial score (nSPS) is 15.4. The van der Waals surface area contributed by atoms with Gasteiger partial charge in [0.1, 0.15) is 23.8 Å². The summed E-state index contributed by atoms with van der Waals surface area (Å²) < 4.78 is 69.5. The standard InChI is InChI=1S/C22H25FN4O5S2/c1-33(28,29)25-7-10-32-18-12-16(11-17(23)13-18)19-3-6-24-22-20(19)14-21(26-22)15-4-8-27(9-5-15)34(2,30)31/h3-4,6,11-14,25H,5,7-10H2,1-2H3,(H,24,26). The maximum atomic E-state index is 14.4. The minimum absolute atomic E-state index is 0.0503. The van der Waals surface area contributed by atoms with Crippen LogP contribution in [-0.4, -0.2) is 69.9 Å². The molecule has 12 heteroatoms. The van der Waals surface area contributed by atoms with Gasteiger partial charge < -0.3 is 9.72 Å². The van der Waals surface area contributed by atoms with Crippen molar-refractivity contribution in [3.63, 3.8) is 0 Å². The average Bonchev–Trinajstić information content (AvgIpc) is 3.20. The Bertz CT molecular complexity index is 1470. The van der Waals surface area contributed by atoms with E-state index in [-0.39, 0.29) is 18.9 Å². The van der Waals surface area contributed by atoms with Crippen LogP contribution in [0.5, 0.6) is 5.75 Å². The van der Waals surface area contributed by atoms with Gasteiger partial charge in [-0.1, -0.05) is 6.08 Å². The largest absolute Gasteiger partial charge is 0.492 e. The van der Waals surface area contributed by atoms with Crippen molar-refractivity contribution in [1.82, 2.24) is 19.0 Å². The number of nitrogens with one attached hydrogen (secondary N) is 2. The fourth-order valence-electron chi connectivity index (χ4n) is 3.85. The number of pyridine rings is 1. The Balaban J connectivity index is 1.60. The number of rotatable bonds is 8. The van der Waals surface area contributed by atoms with E-state index in [4.69, 9.17) is 4.74 Å². The Morgan fingerprint density at radius 3 is 2.65 bits per heavy atom. The summed E-state index contributed by atoms with van der Waals surface area (Å²) in [4.78, 5) is 7.66. The molecule has 1 aliphatic heterocycles. The van der Waals surface area contributed by atoms with E-state index < -0.39 is 25.9 Å². The lowest BCUT2D eigenvalue weighted by atomic mass is 10.0. The molecule has 34 heavy (non-hydrogen) atoms. The molecule has 0 bridgehead atoms. The van der Waals surface area contributed by atoms with Gasteiger partial charge in [-0.25, -0.2) is 30.9 Å². The molecule has 0 amide bonds.